The van der Waals surface area contributed by atoms with Crippen molar-refractivity contribution in [2.45, 2.75) is 25.7 Å². The fraction of sp³-hybridized carbons (Fsp3) is 0.321. The van der Waals surface area contributed by atoms with E-state index in [2.05, 4.69) is 17.4 Å². The summed E-state index contributed by atoms with van der Waals surface area (Å²) in [6.07, 6.45) is 2.85. The molecule has 0 spiro atoms. The van der Waals surface area contributed by atoms with Gasteiger partial charge in [-0.15, -0.1) is 0 Å². The molecule has 0 radical (unpaired) electrons. The number of nitrogens with one attached hydrogen (secondary N) is 1. The topological polar surface area (TPSA) is 47.6 Å². The molecule has 1 saturated heterocycles. The maximum atomic E-state index is 13.8. The van der Waals surface area contributed by atoms with Gasteiger partial charge in [0.05, 0.1) is 12.5 Å². The van der Waals surface area contributed by atoms with Crippen molar-refractivity contribution in [3.05, 3.63) is 89.7 Å². The van der Waals surface area contributed by atoms with Crippen molar-refractivity contribution in [3.63, 3.8) is 0 Å². The summed E-state index contributed by atoms with van der Waals surface area (Å²) in [5.41, 5.74) is 3.40. The molecule has 0 unspecified atom stereocenters. The summed E-state index contributed by atoms with van der Waals surface area (Å²) >= 11 is 0. The fourth-order valence-electron chi connectivity index (χ4n) is 4.50. The normalized spacial score (nSPS) is 15.1. The number of benzene rings is 3. The second kappa shape index (κ2) is 10.6. The lowest BCUT2D eigenvalue weighted by Gasteiger charge is -2.36. The number of methoxy groups -OCH3 is 1. The van der Waals surface area contributed by atoms with Crippen LogP contribution in [0.15, 0.2) is 72.8 Å². The predicted molar refractivity (Wildman–Crippen MR) is 128 cm³/mol. The van der Waals surface area contributed by atoms with Crippen LogP contribution in [0.5, 0.6) is 5.75 Å². The third kappa shape index (κ3) is 5.60. The van der Waals surface area contributed by atoms with E-state index in [0.29, 0.717) is 50.3 Å². The van der Waals surface area contributed by atoms with Crippen LogP contribution in [-0.4, -0.2) is 32.8 Å². The van der Waals surface area contributed by atoms with Gasteiger partial charge in [-0.05, 0) is 60.6 Å². The minimum Gasteiger partial charge on any atom is -0.496 e. The Bertz CT molecular complexity index is 1060. The smallest absolute Gasteiger partial charge is 0.226 e. The SMILES string of the molecule is COc1ccc(F)cc1-c1ccc(CC2(C(=O)NCCc3ccccc3)CCOCC2)cc1. The lowest BCUT2D eigenvalue weighted by molar-refractivity contribution is -0.136. The highest BCUT2D eigenvalue weighted by Crippen LogP contribution is 2.36. The number of hydrogen-bond acceptors (Lipinski definition) is 3. The Kier molecular flexibility index (Phi) is 7.40. The van der Waals surface area contributed by atoms with E-state index in [9.17, 15) is 9.18 Å². The lowest BCUT2D eigenvalue weighted by atomic mass is 9.74. The second-order valence-corrected chi connectivity index (χ2v) is 8.60. The van der Waals surface area contributed by atoms with E-state index >= 15 is 0 Å². The van der Waals surface area contributed by atoms with Crippen molar-refractivity contribution >= 4 is 5.91 Å². The van der Waals surface area contributed by atoms with Gasteiger partial charge in [0, 0.05) is 25.3 Å². The molecular weight excluding hydrogens is 417 g/mol. The summed E-state index contributed by atoms with van der Waals surface area (Å²) in [5, 5.41) is 3.17. The van der Waals surface area contributed by atoms with E-state index in [-0.39, 0.29) is 11.7 Å². The molecule has 0 bridgehead atoms. The van der Waals surface area contributed by atoms with Crippen molar-refractivity contribution in [2.24, 2.45) is 5.41 Å². The number of hydrogen-bond donors (Lipinski definition) is 1. The third-order valence-corrected chi connectivity index (χ3v) is 6.44. The Hall–Kier alpha value is -3.18. The van der Waals surface area contributed by atoms with Crippen molar-refractivity contribution in [2.75, 3.05) is 26.9 Å². The second-order valence-electron chi connectivity index (χ2n) is 8.60. The number of ether oxygens (including phenoxy) is 2. The van der Waals surface area contributed by atoms with Gasteiger partial charge >= 0.3 is 0 Å². The minimum absolute atomic E-state index is 0.0950. The number of halogens is 1. The molecule has 33 heavy (non-hydrogen) atoms. The summed E-state index contributed by atoms with van der Waals surface area (Å²) in [6, 6.07) is 22.7. The first kappa shape index (κ1) is 23.0. The van der Waals surface area contributed by atoms with E-state index in [1.165, 1.54) is 17.7 Å². The van der Waals surface area contributed by atoms with Crippen LogP contribution >= 0.6 is 0 Å². The van der Waals surface area contributed by atoms with Gasteiger partial charge in [-0.1, -0.05) is 54.6 Å². The highest BCUT2D eigenvalue weighted by molar-refractivity contribution is 5.83. The standard InChI is InChI=1S/C28H30FNO3/c1-32-26-12-11-24(29)19-25(26)23-9-7-22(8-10-23)20-28(14-17-33-18-15-28)27(31)30-16-13-21-5-3-2-4-6-21/h2-12,19H,13-18,20H2,1H3,(H,30,31). The molecule has 1 aliphatic heterocycles. The van der Waals surface area contributed by atoms with Crippen LogP contribution in [0, 0.1) is 11.2 Å². The van der Waals surface area contributed by atoms with E-state index in [1.807, 2.05) is 42.5 Å². The van der Waals surface area contributed by atoms with Gasteiger partial charge in [0.25, 0.3) is 0 Å². The molecule has 0 saturated carbocycles. The molecule has 0 aromatic heterocycles. The van der Waals surface area contributed by atoms with Gasteiger partial charge in [0.2, 0.25) is 5.91 Å². The molecule has 0 aliphatic carbocycles. The number of carbonyl (C=O) groups excluding carboxylic acids is 1. The highest BCUT2D eigenvalue weighted by Gasteiger charge is 2.39. The Morgan fingerprint density at radius 1 is 1.00 bits per heavy atom. The van der Waals surface area contributed by atoms with Crippen molar-refractivity contribution < 1.29 is 18.7 Å². The van der Waals surface area contributed by atoms with Crippen LogP contribution in [0.2, 0.25) is 0 Å². The molecule has 1 N–H and O–H groups in total. The molecule has 5 heteroatoms. The van der Waals surface area contributed by atoms with Crippen molar-refractivity contribution in [1.29, 1.82) is 0 Å². The van der Waals surface area contributed by atoms with Crippen LogP contribution in [0.25, 0.3) is 11.1 Å². The average Bonchev–Trinajstić information content (AvgIpc) is 2.85. The molecule has 1 heterocycles. The lowest BCUT2D eigenvalue weighted by Crippen LogP contribution is -2.46. The van der Waals surface area contributed by atoms with E-state index in [0.717, 1.165) is 17.5 Å². The Balaban J connectivity index is 1.47. The Labute approximate surface area is 194 Å². The van der Waals surface area contributed by atoms with E-state index < -0.39 is 5.41 Å². The number of amides is 1. The third-order valence-electron chi connectivity index (χ3n) is 6.44. The zero-order valence-electron chi connectivity index (χ0n) is 19.0. The molecule has 0 atom stereocenters. The van der Waals surface area contributed by atoms with Crippen LogP contribution in [0.1, 0.15) is 24.0 Å². The monoisotopic (exact) mass is 447 g/mol. The van der Waals surface area contributed by atoms with Crippen molar-refractivity contribution in [3.8, 4) is 16.9 Å². The summed E-state index contributed by atoms with van der Waals surface area (Å²) in [5.74, 6) is 0.420. The summed E-state index contributed by atoms with van der Waals surface area (Å²) in [7, 11) is 1.58. The molecule has 1 aliphatic rings. The maximum absolute atomic E-state index is 13.8. The van der Waals surface area contributed by atoms with Gasteiger partial charge in [0.15, 0.2) is 0 Å². The first-order valence-corrected chi connectivity index (χ1v) is 11.4. The van der Waals surface area contributed by atoms with Crippen LogP contribution in [0.4, 0.5) is 4.39 Å². The van der Waals surface area contributed by atoms with E-state index in [4.69, 9.17) is 9.47 Å². The summed E-state index contributed by atoms with van der Waals surface area (Å²) < 4.78 is 24.8. The molecule has 4 nitrogen and oxygen atoms in total. The first-order valence-electron chi connectivity index (χ1n) is 11.4. The maximum Gasteiger partial charge on any atom is 0.226 e. The molecule has 3 aromatic rings. The molecular formula is C28H30FNO3. The van der Waals surface area contributed by atoms with Crippen LogP contribution < -0.4 is 10.1 Å². The van der Waals surface area contributed by atoms with Gasteiger partial charge < -0.3 is 14.8 Å². The predicted octanol–water partition coefficient (Wildman–Crippen LogP) is 5.20. The van der Waals surface area contributed by atoms with Gasteiger partial charge in [-0.25, -0.2) is 4.39 Å². The largest absolute Gasteiger partial charge is 0.496 e. The first-order chi connectivity index (χ1) is 16.1. The molecule has 172 valence electrons. The Morgan fingerprint density at radius 3 is 2.42 bits per heavy atom. The quantitative estimate of drug-likeness (QED) is 0.516. The summed E-state index contributed by atoms with van der Waals surface area (Å²) in [4.78, 5) is 13.3. The minimum atomic E-state index is -0.479. The zero-order valence-corrected chi connectivity index (χ0v) is 19.0. The molecule has 4 rings (SSSR count). The van der Waals surface area contributed by atoms with Gasteiger partial charge in [-0.2, -0.15) is 0 Å². The van der Waals surface area contributed by atoms with Crippen molar-refractivity contribution in [1.82, 2.24) is 5.32 Å². The van der Waals surface area contributed by atoms with Gasteiger partial charge in [0.1, 0.15) is 11.6 Å². The highest BCUT2D eigenvalue weighted by atomic mass is 19.1. The summed E-state index contributed by atoms with van der Waals surface area (Å²) in [6.45, 7) is 1.79. The number of carbonyl (C=O) groups is 1. The van der Waals surface area contributed by atoms with Crippen LogP contribution in [-0.2, 0) is 22.4 Å². The Morgan fingerprint density at radius 2 is 1.73 bits per heavy atom. The zero-order chi connectivity index (χ0) is 23.1. The molecule has 1 fully saturated rings. The molecule has 1 amide bonds. The number of rotatable bonds is 8. The molecule has 3 aromatic carbocycles. The van der Waals surface area contributed by atoms with Gasteiger partial charge in [-0.3, -0.25) is 4.79 Å². The van der Waals surface area contributed by atoms with E-state index in [1.54, 1.807) is 13.2 Å². The van der Waals surface area contributed by atoms with Crippen LogP contribution in [0.3, 0.4) is 0 Å². The average molecular weight is 448 g/mol. The fourth-order valence-corrected chi connectivity index (χ4v) is 4.50.